The lowest BCUT2D eigenvalue weighted by molar-refractivity contribution is 0.314. The van der Waals surface area contributed by atoms with Crippen LogP contribution in [0.3, 0.4) is 0 Å². The number of phenols is 4. The second kappa shape index (κ2) is 8.41. The Bertz CT molecular complexity index is 1230. The van der Waals surface area contributed by atoms with Crippen LogP contribution in [0, 0.1) is 0 Å². The van der Waals surface area contributed by atoms with E-state index in [1.807, 2.05) is 26.8 Å². The van der Waals surface area contributed by atoms with Gasteiger partial charge < -0.3 is 29.6 Å². The predicted molar refractivity (Wildman–Crippen MR) is 115 cm³/mol. The van der Waals surface area contributed by atoms with Gasteiger partial charge in [-0.1, -0.05) is 17.2 Å². The third kappa shape index (κ3) is 4.05. The minimum Gasteiger partial charge on any atom is -0.507 e. The van der Waals surface area contributed by atoms with E-state index in [4.69, 9.17) is 9.15 Å². The van der Waals surface area contributed by atoms with E-state index in [1.165, 1.54) is 11.6 Å². The van der Waals surface area contributed by atoms with Crippen LogP contribution in [0.4, 0.5) is 0 Å². The molecule has 0 radical (unpaired) electrons. The Hall–Kier alpha value is -3.61. The Balaban J connectivity index is 1.98. The first-order chi connectivity index (χ1) is 14.2. The summed E-state index contributed by atoms with van der Waals surface area (Å²) in [6.07, 6.45) is 5.72. The second-order valence-corrected chi connectivity index (χ2v) is 7.37. The van der Waals surface area contributed by atoms with E-state index >= 15 is 0 Å². The summed E-state index contributed by atoms with van der Waals surface area (Å²) in [5, 5.41) is 40.2. The summed E-state index contributed by atoms with van der Waals surface area (Å²) in [5.41, 5.74) is 1.18. The third-order valence-corrected chi connectivity index (χ3v) is 4.73. The van der Waals surface area contributed by atoms with Crippen LogP contribution in [0.5, 0.6) is 28.7 Å². The lowest BCUT2D eigenvalue weighted by Crippen LogP contribution is -2.04. The molecule has 0 saturated carbocycles. The molecule has 7 nitrogen and oxygen atoms in total. The second-order valence-electron chi connectivity index (χ2n) is 7.37. The van der Waals surface area contributed by atoms with Gasteiger partial charge in [-0.2, -0.15) is 0 Å². The number of aromatic hydroxyl groups is 4. The van der Waals surface area contributed by atoms with Gasteiger partial charge in [-0.25, -0.2) is 0 Å². The third-order valence-electron chi connectivity index (χ3n) is 4.73. The first-order valence-electron chi connectivity index (χ1n) is 9.49. The fourth-order valence-electron chi connectivity index (χ4n) is 3.13. The predicted octanol–water partition coefficient (Wildman–Crippen LogP) is 4.84. The number of rotatable bonds is 6. The average Bonchev–Trinajstić information content (AvgIpc) is 2.66. The number of fused-ring (bicyclic) bond motifs is 2. The summed E-state index contributed by atoms with van der Waals surface area (Å²) in [4.78, 5) is 12.9. The van der Waals surface area contributed by atoms with Gasteiger partial charge in [-0.05, 0) is 51.8 Å². The molecule has 3 aromatic rings. The highest BCUT2D eigenvalue weighted by Crippen LogP contribution is 2.43. The van der Waals surface area contributed by atoms with Crippen molar-refractivity contribution in [2.24, 2.45) is 0 Å². The SMILES string of the molecule is CC(C)=CCC/C(C)=C/COc1c(O)cc2oc3c(O)ccc(O)c3c(=O)c2c1O. The van der Waals surface area contributed by atoms with Crippen LogP contribution in [-0.4, -0.2) is 27.0 Å². The number of ether oxygens (including phenoxy) is 1. The van der Waals surface area contributed by atoms with E-state index in [0.29, 0.717) is 0 Å². The minimum absolute atomic E-state index is 0.0816. The monoisotopic (exact) mass is 412 g/mol. The van der Waals surface area contributed by atoms with Gasteiger partial charge in [-0.3, -0.25) is 4.79 Å². The van der Waals surface area contributed by atoms with Crippen LogP contribution in [0.1, 0.15) is 33.6 Å². The largest absolute Gasteiger partial charge is 0.507 e. The first kappa shape index (κ1) is 21.1. The quantitative estimate of drug-likeness (QED) is 0.260. The summed E-state index contributed by atoms with van der Waals surface area (Å²) in [7, 11) is 0. The molecule has 0 aliphatic rings. The van der Waals surface area contributed by atoms with E-state index in [1.54, 1.807) is 0 Å². The fraction of sp³-hybridized carbons (Fsp3) is 0.261. The molecule has 1 heterocycles. The van der Waals surface area contributed by atoms with Gasteiger partial charge in [0.2, 0.25) is 11.2 Å². The fourth-order valence-corrected chi connectivity index (χ4v) is 3.13. The van der Waals surface area contributed by atoms with Crippen molar-refractivity contribution in [2.45, 2.75) is 33.6 Å². The molecule has 0 bridgehead atoms. The van der Waals surface area contributed by atoms with Crippen molar-refractivity contribution >= 4 is 21.9 Å². The van der Waals surface area contributed by atoms with E-state index in [0.717, 1.165) is 30.5 Å². The van der Waals surface area contributed by atoms with Gasteiger partial charge in [0.1, 0.15) is 28.7 Å². The van der Waals surface area contributed by atoms with Crippen molar-refractivity contribution in [1.29, 1.82) is 0 Å². The Labute approximate surface area is 172 Å². The molecule has 3 rings (SSSR count). The number of phenolic OH excluding ortho intramolecular Hbond substituents is 4. The molecule has 0 amide bonds. The van der Waals surface area contributed by atoms with Gasteiger partial charge in [0, 0.05) is 6.07 Å². The molecule has 1 aromatic heterocycles. The molecule has 0 fully saturated rings. The van der Waals surface area contributed by atoms with Crippen molar-refractivity contribution in [3.63, 3.8) is 0 Å². The van der Waals surface area contributed by atoms with E-state index < -0.39 is 22.7 Å². The number of hydrogen-bond donors (Lipinski definition) is 4. The van der Waals surface area contributed by atoms with Gasteiger partial charge in [0.15, 0.2) is 22.8 Å². The van der Waals surface area contributed by atoms with Crippen molar-refractivity contribution in [1.82, 2.24) is 0 Å². The van der Waals surface area contributed by atoms with Crippen LogP contribution >= 0.6 is 0 Å². The van der Waals surface area contributed by atoms with Crippen molar-refractivity contribution in [3.05, 3.63) is 51.7 Å². The molecule has 0 atom stereocenters. The lowest BCUT2D eigenvalue weighted by Gasteiger charge is -2.12. The summed E-state index contributed by atoms with van der Waals surface area (Å²) >= 11 is 0. The molecule has 0 spiro atoms. The Morgan fingerprint density at radius 3 is 2.40 bits per heavy atom. The van der Waals surface area contributed by atoms with Crippen molar-refractivity contribution in [2.75, 3.05) is 6.61 Å². The molecule has 0 aliphatic heterocycles. The molecule has 0 aliphatic carbocycles. The summed E-state index contributed by atoms with van der Waals surface area (Å²) in [6.45, 7) is 6.11. The maximum absolute atomic E-state index is 12.9. The Kier molecular flexibility index (Phi) is 5.91. The molecule has 158 valence electrons. The molecule has 2 aromatic carbocycles. The normalized spacial score (nSPS) is 11.8. The van der Waals surface area contributed by atoms with Crippen LogP contribution < -0.4 is 10.2 Å². The topological polar surface area (TPSA) is 120 Å². The first-order valence-corrected chi connectivity index (χ1v) is 9.49. The molecular formula is C23H24O7. The zero-order valence-corrected chi connectivity index (χ0v) is 17.0. The molecule has 30 heavy (non-hydrogen) atoms. The molecule has 4 N–H and O–H groups in total. The van der Waals surface area contributed by atoms with Gasteiger partial charge >= 0.3 is 0 Å². The summed E-state index contributed by atoms with van der Waals surface area (Å²) in [6, 6.07) is 3.45. The Morgan fingerprint density at radius 1 is 1.00 bits per heavy atom. The highest BCUT2D eigenvalue weighted by atomic mass is 16.5. The number of allylic oxidation sites excluding steroid dienone is 3. The van der Waals surface area contributed by atoms with E-state index in [9.17, 15) is 25.2 Å². The molecule has 0 saturated heterocycles. The zero-order valence-electron chi connectivity index (χ0n) is 17.0. The maximum atomic E-state index is 12.9. The summed E-state index contributed by atoms with van der Waals surface area (Å²) in [5.74, 6) is -2.03. The minimum atomic E-state index is -0.754. The van der Waals surface area contributed by atoms with E-state index in [2.05, 4.69) is 6.08 Å². The zero-order chi connectivity index (χ0) is 22.0. The van der Waals surface area contributed by atoms with Crippen molar-refractivity contribution < 1.29 is 29.6 Å². The van der Waals surface area contributed by atoms with E-state index in [-0.39, 0.29) is 40.0 Å². The van der Waals surface area contributed by atoms with Gasteiger partial charge in [0.05, 0.1) is 0 Å². The highest BCUT2D eigenvalue weighted by Gasteiger charge is 2.22. The van der Waals surface area contributed by atoms with Crippen LogP contribution in [0.25, 0.3) is 21.9 Å². The molecule has 7 heteroatoms. The number of benzene rings is 2. The highest BCUT2D eigenvalue weighted by molar-refractivity contribution is 5.99. The maximum Gasteiger partial charge on any atom is 0.208 e. The van der Waals surface area contributed by atoms with Crippen molar-refractivity contribution in [3.8, 4) is 28.7 Å². The summed E-state index contributed by atoms with van der Waals surface area (Å²) < 4.78 is 11.0. The Morgan fingerprint density at radius 2 is 1.70 bits per heavy atom. The standard InChI is InChI=1S/C23H24O7/c1-12(2)5-4-6-13(3)9-10-29-23-16(26)11-17-19(21(23)28)20(27)18-14(24)7-8-15(25)22(18)30-17/h5,7-9,11,24-26,28H,4,6,10H2,1-3H3/b13-9+. The number of hydrogen-bond acceptors (Lipinski definition) is 7. The van der Waals surface area contributed by atoms with Gasteiger partial charge in [-0.15, -0.1) is 0 Å². The van der Waals surface area contributed by atoms with Crippen LogP contribution in [-0.2, 0) is 0 Å². The average molecular weight is 412 g/mol. The molecular weight excluding hydrogens is 388 g/mol. The smallest absolute Gasteiger partial charge is 0.208 e. The van der Waals surface area contributed by atoms with Crippen LogP contribution in [0.15, 0.2) is 50.7 Å². The van der Waals surface area contributed by atoms with Crippen LogP contribution in [0.2, 0.25) is 0 Å². The molecule has 0 unspecified atom stereocenters. The van der Waals surface area contributed by atoms with Gasteiger partial charge in [0.25, 0.3) is 0 Å². The lowest BCUT2D eigenvalue weighted by atomic mass is 10.1.